The molecule has 2 rings (SSSR count). The van der Waals surface area contributed by atoms with Crippen molar-refractivity contribution in [2.75, 3.05) is 20.3 Å². The number of methoxy groups -OCH3 is 1. The van der Waals surface area contributed by atoms with Gasteiger partial charge in [-0.2, -0.15) is 0 Å². The van der Waals surface area contributed by atoms with E-state index < -0.39 is 5.97 Å². The molecule has 1 atom stereocenters. The molecule has 0 aliphatic carbocycles. The molecule has 0 aliphatic rings. The first kappa shape index (κ1) is 19.3. The summed E-state index contributed by atoms with van der Waals surface area (Å²) in [5.74, 6) is 0.412. The molecule has 2 aromatic carbocycles. The van der Waals surface area contributed by atoms with Crippen molar-refractivity contribution in [3.05, 3.63) is 59.7 Å². The van der Waals surface area contributed by atoms with Gasteiger partial charge in [0.1, 0.15) is 11.5 Å². The highest BCUT2D eigenvalue weighted by Gasteiger charge is 2.15. The van der Waals surface area contributed by atoms with Crippen LogP contribution in [0.15, 0.2) is 48.5 Å². The molecule has 0 aliphatic heterocycles. The van der Waals surface area contributed by atoms with Crippen molar-refractivity contribution in [1.82, 2.24) is 5.32 Å². The van der Waals surface area contributed by atoms with Crippen LogP contribution in [0.2, 0.25) is 0 Å². The standard InChI is InChI=1S/C20H23NO5/c1-4-25-16-11-9-15(10-12-16)20(23)26-13-19(22)21-14(2)17-7-5-6-8-18(17)24-3/h5-12,14H,4,13H2,1-3H3,(H,21,22). The minimum Gasteiger partial charge on any atom is -0.496 e. The predicted octanol–water partition coefficient (Wildman–Crippen LogP) is 3.13. The molecule has 0 saturated heterocycles. The van der Waals surface area contributed by atoms with E-state index in [2.05, 4.69) is 5.32 Å². The lowest BCUT2D eigenvalue weighted by Crippen LogP contribution is -2.31. The number of rotatable bonds is 8. The average Bonchev–Trinajstić information content (AvgIpc) is 2.66. The number of carbonyl (C=O) groups is 2. The number of carbonyl (C=O) groups excluding carboxylic acids is 2. The van der Waals surface area contributed by atoms with E-state index in [0.29, 0.717) is 23.7 Å². The number of esters is 1. The van der Waals surface area contributed by atoms with Gasteiger partial charge in [0.15, 0.2) is 6.61 Å². The highest BCUT2D eigenvalue weighted by molar-refractivity contribution is 5.91. The lowest BCUT2D eigenvalue weighted by Gasteiger charge is -2.17. The maximum Gasteiger partial charge on any atom is 0.338 e. The van der Waals surface area contributed by atoms with Gasteiger partial charge in [0.05, 0.1) is 25.3 Å². The van der Waals surface area contributed by atoms with Gasteiger partial charge in [-0.3, -0.25) is 4.79 Å². The first-order valence-electron chi connectivity index (χ1n) is 8.37. The lowest BCUT2D eigenvalue weighted by molar-refractivity contribution is -0.124. The van der Waals surface area contributed by atoms with Crippen molar-refractivity contribution in [3.63, 3.8) is 0 Å². The first-order chi connectivity index (χ1) is 12.5. The van der Waals surface area contributed by atoms with Crippen LogP contribution in [0.3, 0.4) is 0 Å². The molecule has 0 heterocycles. The Morgan fingerprint density at radius 1 is 1.08 bits per heavy atom. The molecule has 0 fully saturated rings. The van der Waals surface area contributed by atoms with Crippen LogP contribution < -0.4 is 14.8 Å². The van der Waals surface area contributed by atoms with Crippen molar-refractivity contribution < 1.29 is 23.8 Å². The number of hydrogen-bond donors (Lipinski definition) is 1. The van der Waals surface area contributed by atoms with Crippen molar-refractivity contribution in [2.45, 2.75) is 19.9 Å². The summed E-state index contributed by atoms with van der Waals surface area (Å²) >= 11 is 0. The van der Waals surface area contributed by atoms with Gasteiger partial charge in [0, 0.05) is 5.56 Å². The van der Waals surface area contributed by atoms with Gasteiger partial charge >= 0.3 is 5.97 Å². The van der Waals surface area contributed by atoms with Gasteiger partial charge in [-0.15, -0.1) is 0 Å². The largest absolute Gasteiger partial charge is 0.496 e. The van der Waals surface area contributed by atoms with Crippen LogP contribution in [-0.4, -0.2) is 32.2 Å². The zero-order valence-corrected chi connectivity index (χ0v) is 15.2. The normalized spacial score (nSPS) is 11.3. The molecule has 6 nitrogen and oxygen atoms in total. The highest BCUT2D eigenvalue weighted by atomic mass is 16.5. The van der Waals surface area contributed by atoms with Gasteiger partial charge in [0.25, 0.3) is 5.91 Å². The van der Waals surface area contributed by atoms with Crippen LogP contribution in [0.5, 0.6) is 11.5 Å². The molecule has 138 valence electrons. The van der Waals surface area contributed by atoms with E-state index in [1.165, 1.54) is 0 Å². The third-order valence-corrected chi connectivity index (χ3v) is 3.72. The summed E-state index contributed by atoms with van der Waals surface area (Å²) in [7, 11) is 1.58. The number of hydrogen-bond acceptors (Lipinski definition) is 5. The molecule has 1 N–H and O–H groups in total. The molecule has 0 bridgehead atoms. The van der Waals surface area contributed by atoms with Crippen LogP contribution in [0, 0.1) is 0 Å². The molecule has 0 aromatic heterocycles. The second kappa shape index (κ2) is 9.46. The summed E-state index contributed by atoms with van der Waals surface area (Å²) in [6.07, 6.45) is 0. The first-order valence-corrected chi connectivity index (χ1v) is 8.37. The van der Waals surface area contributed by atoms with Gasteiger partial charge in [0.2, 0.25) is 0 Å². The van der Waals surface area contributed by atoms with Gasteiger partial charge in [-0.1, -0.05) is 18.2 Å². The van der Waals surface area contributed by atoms with E-state index in [9.17, 15) is 9.59 Å². The maximum atomic E-state index is 12.1. The Labute approximate surface area is 153 Å². The minimum absolute atomic E-state index is 0.275. The molecule has 1 amide bonds. The second-order valence-electron chi connectivity index (χ2n) is 5.56. The lowest BCUT2D eigenvalue weighted by atomic mass is 10.1. The average molecular weight is 357 g/mol. The van der Waals surface area contributed by atoms with Crippen LogP contribution in [0.1, 0.15) is 35.8 Å². The molecular formula is C20H23NO5. The van der Waals surface area contributed by atoms with E-state index in [-0.39, 0.29) is 18.6 Å². The Morgan fingerprint density at radius 3 is 2.42 bits per heavy atom. The van der Waals surface area contributed by atoms with Crippen molar-refractivity contribution in [3.8, 4) is 11.5 Å². The summed E-state index contributed by atoms with van der Waals surface area (Å²) in [6.45, 7) is 3.91. The van der Waals surface area contributed by atoms with Crippen LogP contribution >= 0.6 is 0 Å². The molecule has 0 saturated carbocycles. The van der Waals surface area contributed by atoms with Gasteiger partial charge in [-0.05, 0) is 44.2 Å². The summed E-state index contributed by atoms with van der Waals surface area (Å²) < 4.78 is 15.7. The van der Waals surface area contributed by atoms with Crippen LogP contribution in [-0.2, 0) is 9.53 Å². The van der Waals surface area contributed by atoms with Gasteiger partial charge < -0.3 is 19.5 Å². The summed E-state index contributed by atoms with van der Waals surface area (Å²) in [4.78, 5) is 24.1. The summed E-state index contributed by atoms with van der Waals surface area (Å²) in [6, 6.07) is 13.7. The SMILES string of the molecule is CCOc1ccc(C(=O)OCC(=O)NC(C)c2ccccc2OC)cc1. The Hall–Kier alpha value is -3.02. The number of para-hydroxylation sites is 1. The maximum absolute atomic E-state index is 12.1. The zero-order valence-electron chi connectivity index (χ0n) is 15.2. The Morgan fingerprint density at radius 2 is 1.77 bits per heavy atom. The minimum atomic E-state index is -0.562. The van der Waals surface area contributed by atoms with Crippen molar-refractivity contribution >= 4 is 11.9 Å². The molecule has 2 aromatic rings. The predicted molar refractivity (Wildman–Crippen MR) is 97.4 cm³/mol. The fourth-order valence-corrected chi connectivity index (χ4v) is 2.45. The Balaban J connectivity index is 1.86. The van der Waals surface area contributed by atoms with Crippen molar-refractivity contribution in [2.24, 2.45) is 0 Å². The fraction of sp³-hybridized carbons (Fsp3) is 0.300. The third-order valence-electron chi connectivity index (χ3n) is 3.72. The molecular weight excluding hydrogens is 334 g/mol. The highest BCUT2D eigenvalue weighted by Crippen LogP contribution is 2.24. The molecule has 26 heavy (non-hydrogen) atoms. The molecule has 1 unspecified atom stereocenters. The van der Waals surface area contributed by atoms with Gasteiger partial charge in [-0.25, -0.2) is 4.79 Å². The zero-order chi connectivity index (χ0) is 18.9. The number of amides is 1. The smallest absolute Gasteiger partial charge is 0.338 e. The molecule has 6 heteroatoms. The van der Waals surface area contributed by atoms with E-state index >= 15 is 0 Å². The summed E-state index contributed by atoms with van der Waals surface area (Å²) in [5, 5.41) is 2.79. The number of ether oxygens (including phenoxy) is 3. The van der Waals surface area contributed by atoms with Crippen LogP contribution in [0.4, 0.5) is 0 Å². The van der Waals surface area contributed by atoms with E-state index in [4.69, 9.17) is 14.2 Å². The fourth-order valence-electron chi connectivity index (χ4n) is 2.45. The quantitative estimate of drug-likeness (QED) is 0.735. The van der Waals surface area contributed by atoms with Crippen molar-refractivity contribution in [1.29, 1.82) is 0 Å². The molecule has 0 spiro atoms. The molecule has 0 radical (unpaired) electrons. The topological polar surface area (TPSA) is 73.9 Å². The second-order valence-corrected chi connectivity index (χ2v) is 5.56. The van der Waals surface area contributed by atoms with E-state index in [0.717, 1.165) is 5.56 Å². The van der Waals surface area contributed by atoms with E-state index in [1.54, 1.807) is 31.4 Å². The van der Waals surface area contributed by atoms with E-state index in [1.807, 2.05) is 38.1 Å². The summed E-state index contributed by atoms with van der Waals surface area (Å²) in [5.41, 5.74) is 1.21. The Bertz CT molecular complexity index is 742. The van der Waals surface area contributed by atoms with Crippen LogP contribution in [0.25, 0.3) is 0 Å². The Kier molecular flexibility index (Phi) is 7.02. The third kappa shape index (κ3) is 5.24. The number of nitrogens with one attached hydrogen (secondary N) is 1. The monoisotopic (exact) mass is 357 g/mol. The number of benzene rings is 2.